The van der Waals surface area contributed by atoms with Gasteiger partial charge in [0.15, 0.2) is 5.65 Å². The molecule has 160 valence electrons. The van der Waals surface area contributed by atoms with Gasteiger partial charge in [-0.25, -0.2) is 9.67 Å². The molecule has 0 saturated carbocycles. The summed E-state index contributed by atoms with van der Waals surface area (Å²) >= 11 is 0. The van der Waals surface area contributed by atoms with Crippen molar-refractivity contribution in [1.29, 1.82) is 0 Å². The van der Waals surface area contributed by atoms with Crippen LogP contribution in [0.15, 0.2) is 41.3 Å². The van der Waals surface area contributed by atoms with Crippen LogP contribution in [0.25, 0.3) is 21.9 Å². The number of rotatable bonds is 4. The number of nitrogens with one attached hydrogen (secondary N) is 1. The number of nitrogens with zero attached hydrogens (tertiary/aromatic N) is 5. The monoisotopic (exact) mass is 418 g/mol. The van der Waals surface area contributed by atoms with Gasteiger partial charge < -0.3 is 5.32 Å². The number of pyridine rings is 1. The molecule has 0 unspecified atom stereocenters. The molecule has 1 amide bonds. The third kappa shape index (κ3) is 3.93. The number of anilines is 1. The zero-order valence-corrected chi connectivity index (χ0v) is 18.4. The molecule has 4 rings (SSSR count). The lowest BCUT2D eigenvalue weighted by molar-refractivity contribution is -0.116. The molecule has 0 atom stereocenters. The average Bonchev–Trinajstić information content (AvgIpc) is 3.12. The van der Waals surface area contributed by atoms with Gasteiger partial charge in [0.05, 0.1) is 22.9 Å². The van der Waals surface area contributed by atoms with Gasteiger partial charge in [-0.2, -0.15) is 5.10 Å². The molecular formula is C23H26N6O2. The molecule has 0 aliphatic rings. The number of carbonyl (C=O) groups excluding carboxylic acids is 1. The Balaban J connectivity index is 1.57. The highest BCUT2D eigenvalue weighted by Gasteiger charge is 2.21. The van der Waals surface area contributed by atoms with E-state index in [0.717, 1.165) is 22.3 Å². The number of benzene rings is 1. The Bertz CT molecular complexity index is 1360. The van der Waals surface area contributed by atoms with E-state index in [2.05, 4.69) is 20.4 Å². The van der Waals surface area contributed by atoms with Crippen LogP contribution in [-0.4, -0.2) is 30.2 Å². The minimum absolute atomic E-state index is 0.150. The molecule has 8 nitrogen and oxygen atoms in total. The van der Waals surface area contributed by atoms with E-state index in [1.807, 2.05) is 58.0 Å². The fourth-order valence-electron chi connectivity index (χ4n) is 3.70. The number of para-hydroxylation sites is 1. The van der Waals surface area contributed by atoms with Crippen LogP contribution < -0.4 is 10.9 Å². The topological polar surface area (TPSA) is 94.7 Å². The standard InChI is InChI=1S/C23H26N6O2/c1-14-12-19(16-8-6-7-9-18(16)25-14)27-20(30)10-11-28-15(2)26-21-17(22(28)31)13-24-29(21)23(3,4)5/h6-9,12-13H,10-11H2,1-5H3,(H,25,27,30). The summed E-state index contributed by atoms with van der Waals surface area (Å²) in [6.07, 6.45) is 1.70. The molecule has 0 spiro atoms. The second kappa shape index (κ2) is 7.61. The van der Waals surface area contributed by atoms with Crippen molar-refractivity contribution in [3.63, 3.8) is 0 Å². The molecule has 1 aromatic carbocycles. The van der Waals surface area contributed by atoms with Gasteiger partial charge in [0.25, 0.3) is 5.56 Å². The van der Waals surface area contributed by atoms with E-state index in [-0.39, 0.29) is 30.0 Å². The van der Waals surface area contributed by atoms with E-state index in [0.29, 0.717) is 16.9 Å². The Morgan fingerprint density at radius 3 is 2.58 bits per heavy atom. The van der Waals surface area contributed by atoms with Gasteiger partial charge in [-0.3, -0.25) is 19.1 Å². The molecule has 0 aliphatic heterocycles. The van der Waals surface area contributed by atoms with Crippen molar-refractivity contribution in [2.75, 3.05) is 5.32 Å². The fraction of sp³-hybridized carbons (Fsp3) is 0.348. The maximum Gasteiger partial charge on any atom is 0.264 e. The highest BCUT2D eigenvalue weighted by Crippen LogP contribution is 2.23. The zero-order valence-electron chi connectivity index (χ0n) is 18.4. The first-order chi connectivity index (χ1) is 14.6. The average molecular weight is 419 g/mol. The maximum atomic E-state index is 13.0. The summed E-state index contributed by atoms with van der Waals surface area (Å²) in [4.78, 5) is 34.8. The Kier molecular flexibility index (Phi) is 5.08. The molecular weight excluding hydrogens is 392 g/mol. The first-order valence-electron chi connectivity index (χ1n) is 10.3. The summed E-state index contributed by atoms with van der Waals surface area (Å²) in [5, 5.41) is 8.66. The molecule has 0 aliphatic carbocycles. The van der Waals surface area contributed by atoms with Gasteiger partial charge in [0.2, 0.25) is 5.91 Å². The molecule has 4 aromatic rings. The van der Waals surface area contributed by atoms with Gasteiger partial charge >= 0.3 is 0 Å². The van der Waals surface area contributed by atoms with Crippen molar-refractivity contribution >= 4 is 33.5 Å². The molecule has 0 bridgehead atoms. The van der Waals surface area contributed by atoms with Crippen LogP contribution in [0.2, 0.25) is 0 Å². The van der Waals surface area contributed by atoms with Gasteiger partial charge in [-0.1, -0.05) is 18.2 Å². The van der Waals surface area contributed by atoms with Crippen LogP contribution in [0.1, 0.15) is 38.7 Å². The molecule has 3 heterocycles. The molecule has 8 heteroatoms. The van der Waals surface area contributed by atoms with Crippen molar-refractivity contribution < 1.29 is 4.79 Å². The lowest BCUT2D eigenvalue weighted by Gasteiger charge is -2.20. The van der Waals surface area contributed by atoms with Crippen molar-refractivity contribution in [3.05, 3.63) is 58.4 Å². The van der Waals surface area contributed by atoms with Crippen molar-refractivity contribution in [1.82, 2.24) is 24.3 Å². The lowest BCUT2D eigenvalue weighted by Crippen LogP contribution is -2.28. The predicted molar refractivity (Wildman–Crippen MR) is 121 cm³/mol. The summed E-state index contributed by atoms with van der Waals surface area (Å²) in [7, 11) is 0. The van der Waals surface area contributed by atoms with Crippen molar-refractivity contribution in [3.8, 4) is 0 Å². The van der Waals surface area contributed by atoms with Crippen molar-refractivity contribution in [2.24, 2.45) is 0 Å². The lowest BCUT2D eigenvalue weighted by atomic mass is 10.1. The van der Waals surface area contributed by atoms with E-state index >= 15 is 0 Å². The minimum atomic E-state index is -0.287. The highest BCUT2D eigenvalue weighted by atomic mass is 16.2. The number of aromatic nitrogens is 5. The molecule has 1 N–H and O–H groups in total. The second-order valence-corrected chi connectivity index (χ2v) is 8.71. The summed E-state index contributed by atoms with van der Waals surface area (Å²) < 4.78 is 3.29. The Hall–Kier alpha value is -3.55. The smallest absolute Gasteiger partial charge is 0.264 e. The maximum absolute atomic E-state index is 13.0. The summed E-state index contributed by atoms with van der Waals surface area (Å²) in [5.74, 6) is 0.383. The van der Waals surface area contributed by atoms with Gasteiger partial charge in [0.1, 0.15) is 11.2 Å². The minimum Gasteiger partial charge on any atom is -0.325 e. The fourth-order valence-corrected chi connectivity index (χ4v) is 3.70. The van der Waals surface area contributed by atoms with E-state index in [1.54, 1.807) is 17.8 Å². The van der Waals surface area contributed by atoms with Crippen LogP contribution in [0.3, 0.4) is 0 Å². The molecule has 0 fully saturated rings. The Morgan fingerprint density at radius 1 is 1.10 bits per heavy atom. The van der Waals surface area contributed by atoms with E-state index < -0.39 is 0 Å². The number of hydrogen-bond acceptors (Lipinski definition) is 5. The van der Waals surface area contributed by atoms with Gasteiger partial charge in [-0.05, 0) is 46.8 Å². The van der Waals surface area contributed by atoms with E-state index in [9.17, 15) is 9.59 Å². The molecule has 0 radical (unpaired) electrons. The Labute approximate surface area is 179 Å². The largest absolute Gasteiger partial charge is 0.325 e. The van der Waals surface area contributed by atoms with Crippen LogP contribution in [-0.2, 0) is 16.9 Å². The van der Waals surface area contributed by atoms with E-state index in [4.69, 9.17) is 0 Å². The second-order valence-electron chi connectivity index (χ2n) is 8.71. The number of amides is 1. The number of carbonyl (C=O) groups is 1. The molecule has 0 saturated heterocycles. The summed E-state index contributed by atoms with van der Waals surface area (Å²) in [6.45, 7) is 9.94. The summed E-state index contributed by atoms with van der Waals surface area (Å²) in [5.41, 5.74) is 2.47. The van der Waals surface area contributed by atoms with Crippen LogP contribution >= 0.6 is 0 Å². The van der Waals surface area contributed by atoms with Crippen LogP contribution in [0.4, 0.5) is 5.69 Å². The number of fused-ring (bicyclic) bond motifs is 2. The molecule has 31 heavy (non-hydrogen) atoms. The van der Waals surface area contributed by atoms with Crippen LogP contribution in [0.5, 0.6) is 0 Å². The van der Waals surface area contributed by atoms with E-state index in [1.165, 1.54) is 4.57 Å². The third-order valence-corrected chi connectivity index (χ3v) is 5.19. The van der Waals surface area contributed by atoms with Gasteiger partial charge in [0, 0.05) is 24.0 Å². The quantitative estimate of drug-likeness (QED) is 0.547. The van der Waals surface area contributed by atoms with Crippen LogP contribution in [0, 0.1) is 13.8 Å². The first-order valence-corrected chi connectivity index (χ1v) is 10.3. The summed E-state index contributed by atoms with van der Waals surface area (Å²) in [6, 6.07) is 9.53. The highest BCUT2D eigenvalue weighted by molar-refractivity contribution is 6.01. The predicted octanol–water partition coefficient (Wildman–Crippen LogP) is 3.54. The first kappa shape index (κ1) is 20.7. The van der Waals surface area contributed by atoms with Gasteiger partial charge in [-0.15, -0.1) is 0 Å². The third-order valence-electron chi connectivity index (χ3n) is 5.19. The number of aryl methyl sites for hydroxylation is 2. The SMILES string of the molecule is Cc1cc(NC(=O)CCn2c(C)nc3c(cnn3C(C)(C)C)c2=O)c2ccccc2n1. The van der Waals surface area contributed by atoms with Crippen molar-refractivity contribution in [2.45, 2.75) is 53.1 Å². The Morgan fingerprint density at radius 2 is 1.84 bits per heavy atom. The zero-order chi connectivity index (χ0) is 22.3. The normalized spacial score (nSPS) is 11.9. The number of hydrogen-bond donors (Lipinski definition) is 1. The molecule has 3 aromatic heterocycles.